The summed E-state index contributed by atoms with van der Waals surface area (Å²) in [7, 11) is 3.28. The maximum Gasteiger partial charge on any atom is 4.00 e. The molecule has 0 aliphatic carbocycles. The quantitative estimate of drug-likeness (QED) is 0.177. The van der Waals surface area contributed by atoms with Crippen LogP contribution in [0.25, 0.3) is 0 Å². The van der Waals surface area contributed by atoms with E-state index in [9.17, 15) is 0 Å². The Balaban J connectivity index is 0.000000437. The molecule has 0 spiro atoms. The molecule has 3 heteroatoms. The molecule has 0 heterocycles. The molecular formula is C32H40O2Ti. The molecule has 4 rings (SSSR count). The first-order valence-corrected chi connectivity index (χ1v) is 12.1. The first kappa shape index (κ1) is 32.5. The molecule has 0 aromatic heterocycles. The van der Waals surface area contributed by atoms with Crippen LogP contribution < -0.4 is 9.47 Å². The fraction of sp³-hybridized carbons (Fsp3) is 0.312. The van der Waals surface area contributed by atoms with Gasteiger partial charge < -0.3 is 9.47 Å². The fourth-order valence-corrected chi connectivity index (χ4v) is 2.93. The number of methoxy groups -OCH3 is 2. The van der Waals surface area contributed by atoms with Crippen LogP contribution in [-0.2, 0) is 34.6 Å². The van der Waals surface area contributed by atoms with Gasteiger partial charge in [0.2, 0.25) is 0 Å². The van der Waals surface area contributed by atoms with E-state index < -0.39 is 0 Å². The van der Waals surface area contributed by atoms with Crippen molar-refractivity contribution in [1.29, 1.82) is 0 Å². The third-order valence-electron chi connectivity index (χ3n) is 4.93. The van der Waals surface area contributed by atoms with E-state index in [1.54, 1.807) is 26.4 Å². The first-order chi connectivity index (χ1) is 16.7. The molecule has 0 unspecified atom stereocenters. The zero-order valence-corrected chi connectivity index (χ0v) is 23.4. The zero-order valence-electron chi connectivity index (χ0n) is 21.8. The van der Waals surface area contributed by atoms with Gasteiger partial charge >= 0.3 is 21.7 Å². The molecule has 0 bridgehead atoms. The third kappa shape index (κ3) is 17.5. The Kier molecular flexibility index (Phi) is 21.5. The predicted molar refractivity (Wildman–Crippen MR) is 145 cm³/mol. The van der Waals surface area contributed by atoms with Gasteiger partial charge in [0.1, 0.15) is 0 Å². The number of rotatable bonds is 8. The average molecular weight is 505 g/mol. The summed E-state index contributed by atoms with van der Waals surface area (Å²) in [6.45, 7) is 4.45. The molecular weight excluding hydrogens is 464 g/mol. The van der Waals surface area contributed by atoms with Crippen molar-refractivity contribution in [1.82, 2.24) is 0 Å². The second kappa shape index (κ2) is 23.2. The van der Waals surface area contributed by atoms with Crippen LogP contribution in [0.1, 0.15) is 50.7 Å². The van der Waals surface area contributed by atoms with Crippen LogP contribution in [0.15, 0.2) is 97.1 Å². The van der Waals surface area contributed by atoms with E-state index in [1.165, 1.54) is 49.7 Å². The Morgan fingerprint density at radius 2 is 1.00 bits per heavy atom. The molecule has 0 saturated heterocycles. The van der Waals surface area contributed by atoms with E-state index in [0.717, 1.165) is 11.5 Å². The summed E-state index contributed by atoms with van der Waals surface area (Å²) >= 11 is 0. The Hall–Kier alpha value is -2.55. The van der Waals surface area contributed by atoms with Gasteiger partial charge in [0.25, 0.3) is 0 Å². The van der Waals surface area contributed by atoms with Crippen LogP contribution in [0.4, 0.5) is 0 Å². The summed E-state index contributed by atoms with van der Waals surface area (Å²) < 4.78 is 9.77. The average Bonchev–Trinajstić information content (AvgIpc) is 3.63. The van der Waals surface area contributed by atoms with E-state index >= 15 is 0 Å². The standard InChI is InChI=1S/2C9H13.2C7H7O.Ti/c2*1-2-3-6-9-7-4-5-8-9;2*1-8-7-5-3-2-4-6-7;/h2*4-5,7-8H,2-3,6H2,1H3;2*2-3,5-6H,1H3;/q4*-1;+4. The van der Waals surface area contributed by atoms with Crippen LogP contribution in [0.2, 0.25) is 0 Å². The second-order valence-electron chi connectivity index (χ2n) is 7.68. The van der Waals surface area contributed by atoms with Crippen molar-refractivity contribution in [2.45, 2.75) is 52.4 Å². The smallest absolute Gasteiger partial charge is 0.554 e. The Labute approximate surface area is 228 Å². The van der Waals surface area contributed by atoms with E-state index in [1.807, 2.05) is 36.4 Å². The minimum absolute atomic E-state index is 0. The van der Waals surface area contributed by atoms with Crippen molar-refractivity contribution in [3.8, 4) is 11.5 Å². The molecule has 0 atom stereocenters. The van der Waals surface area contributed by atoms with Gasteiger partial charge in [0, 0.05) is 11.5 Å². The molecule has 0 aliphatic heterocycles. The molecule has 35 heavy (non-hydrogen) atoms. The van der Waals surface area contributed by atoms with Gasteiger partial charge in [-0.3, -0.25) is 0 Å². The van der Waals surface area contributed by atoms with Gasteiger partial charge in [-0.25, -0.2) is 24.3 Å². The molecule has 0 fully saturated rings. The molecule has 184 valence electrons. The van der Waals surface area contributed by atoms with E-state index in [-0.39, 0.29) is 21.7 Å². The molecule has 0 amide bonds. The summed E-state index contributed by atoms with van der Waals surface area (Å²) in [6, 6.07) is 37.7. The summed E-state index contributed by atoms with van der Waals surface area (Å²) in [5, 5.41) is 0. The van der Waals surface area contributed by atoms with Crippen molar-refractivity contribution in [3.63, 3.8) is 0 Å². The van der Waals surface area contributed by atoms with Crippen molar-refractivity contribution >= 4 is 0 Å². The van der Waals surface area contributed by atoms with Gasteiger partial charge in [-0.05, 0) is 0 Å². The predicted octanol–water partition coefficient (Wildman–Crippen LogP) is 8.48. The van der Waals surface area contributed by atoms with Crippen LogP contribution in [-0.4, -0.2) is 14.2 Å². The van der Waals surface area contributed by atoms with E-state index in [2.05, 4.69) is 74.5 Å². The maximum atomic E-state index is 4.88. The normalized spacial score (nSPS) is 9.03. The van der Waals surface area contributed by atoms with Crippen molar-refractivity contribution < 1.29 is 31.2 Å². The number of aryl methyl sites for hydroxylation is 2. The molecule has 0 saturated carbocycles. The number of ether oxygens (including phenoxy) is 2. The monoisotopic (exact) mass is 504 g/mol. The van der Waals surface area contributed by atoms with Crippen LogP contribution in [0.3, 0.4) is 0 Å². The van der Waals surface area contributed by atoms with Crippen LogP contribution in [0.5, 0.6) is 11.5 Å². The Morgan fingerprint density at radius 1 is 0.629 bits per heavy atom. The Morgan fingerprint density at radius 3 is 1.23 bits per heavy atom. The van der Waals surface area contributed by atoms with Crippen LogP contribution >= 0.6 is 0 Å². The molecule has 4 aromatic carbocycles. The first-order valence-electron chi connectivity index (χ1n) is 12.1. The molecule has 4 aromatic rings. The topological polar surface area (TPSA) is 18.5 Å². The molecule has 0 radical (unpaired) electrons. The molecule has 0 aliphatic rings. The number of hydrogen-bond donors (Lipinski definition) is 0. The van der Waals surface area contributed by atoms with Gasteiger partial charge in [-0.1, -0.05) is 52.4 Å². The maximum absolute atomic E-state index is 4.88. The molecule has 2 nitrogen and oxygen atoms in total. The SMILES string of the molecule is CCCC[c-]1cccc1.CCCC[c-]1cccc1.COc1c[c-]ccc1.COc1c[c-]ccc1.[Ti+4]. The van der Waals surface area contributed by atoms with Crippen molar-refractivity contribution in [3.05, 3.63) is 120 Å². The number of benzene rings is 2. The third-order valence-corrected chi connectivity index (χ3v) is 4.93. The summed E-state index contributed by atoms with van der Waals surface area (Å²) in [5.74, 6) is 1.71. The Bertz CT molecular complexity index is 808. The number of unbranched alkanes of at least 4 members (excludes halogenated alkanes) is 2. The minimum Gasteiger partial charge on any atom is -0.554 e. The van der Waals surface area contributed by atoms with E-state index in [4.69, 9.17) is 9.47 Å². The van der Waals surface area contributed by atoms with Crippen molar-refractivity contribution in [2.24, 2.45) is 0 Å². The number of hydrogen-bond acceptors (Lipinski definition) is 2. The van der Waals surface area contributed by atoms with Gasteiger partial charge in [-0.15, -0.1) is 24.3 Å². The van der Waals surface area contributed by atoms with Gasteiger partial charge in [0.05, 0.1) is 14.2 Å². The summed E-state index contributed by atoms with van der Waals surface area (Å²) in [6.07, 6.45) is 7.75. The van der Waals surface area contributed by atoms with Gasteiger partial charge in [0.15, 0.2) is 0 Å². The summed E-state index contributed by atoms with van der Waals surface area (Å²) in [4.78, 5) is 0. The minimum atomic E-state index is 0. The zero-order chi connectivity index (χ0) is 24.7. The fourth-order valence-electron chi connectivity index (χ4n) is 2.93. The van der Waals surface area contributed by atoms with Gasteiger partial charge in [-0.2, -0.15) is 71.8 Å². The van der Waals surface area contributed by atoms with Crippen LogP contribution in [0, 0.1) is 12.1 Å². The van der Waals surface area contributed by atoms with E-state index in [0.29, 0.717) is 0 Å². The largest absolute Gasteiger partial charge is 4.00 e. The molecule has 0 N–H and O–H groups in total. The van der Waals surface area contributed by atoms with Crippen molar-refractivity contribution in [2.75, 3.05) is 14.2 Å². The summed E-state index contributed by atoms with van der Waals surface area (Å²) in [5.41, 5.74) is 2.97. The second-order valence-corrected chi connectivity index (χ2v) is 7.68.